The molecule has 0 aliphatic rings. The van der Waals surface area contributed by atoms with Gasteiger partial charge in [0.15, 0.2) is 0 Å². The lowest BCUT2D eigenvalue weighted by molar-refractivity contribution is 0.278. The fraction of sp³-hybridized carbons (Fsp3) is 0.500. The van der Waals surface area contributed by atoms with Crippen molar-refractivity contribution in [2.24, 2.45) is 0 Å². The van der Waals surface area contributed by atoms with Crippen molar-refractivity contribution in [3.8, 4) is 0 Å². The quantitative estimate of drug-likeness (QED) is 0.800. The van der Waals surface area contributed by atoms with Crippen LogP contribution in [0.1, 0.15) is 18.9 Å². The summed E-state index contributed by atoms with van der Waals surface area (Å²) in [5, 5.41) is 9.56. The molecule has 0 heterocycles. The first kappa shape index (κ1) is 15.5. The lowest BCUT2D eigenvalue weighted by Gasteiger charge is -2.11. The molecule has 0 aliphatic carbocycles. The Kier molecular flexibility index (Phi) is 6.14. The maximum atomic E-state index is 12.1. The molecule has 1 aromatic rings. The number of hydrogen-bond acceptors (Lipinski definition) is 4. The summed E-state index contributed by atoms with van der Waals surface area (Å²) in [6.45, 7) is 2.18. The van der Waals surface area contributed by atoms with Gasteiger partial charge in [0.25, 0.3) is 0 Å². The number of aliphatic hydroxyl groups excluding tert-OH is 1. The molecule has 1 aromatic carbocycles. The van der Waals surface area contributed by atoms with E-state index in [0.717, 1.165) is 6.42 Å². The van der Waals surface area contributed by atoms with Gasteiger partial charge in [-0.2, -0.15) is 11.8 Å². The van der Waals surface area contributed by atoms with E-state index in [0.29, 0.717) is 17.4 Å². The zero-order valence-corrected chi connectivity index (χ0v) is 12.2. The monoisotopic (exact) mass is 289 g/mol. The van der Waals surface area contributed by atoms with Crippen LogP contribution in [0.4, 0.5) is 0 Å². The molecule has 6 heteroatoms. The van der Waals surface area contributed by atoms with Gasteiger partial charge in [-0.3, -0.25) is 0 Å². The lowest BCUT2D eigenvalue weighted by Crippen LogP contribution is -2.27. The summed E-state index contributed by atoms with van der Waals surface area (Å²) in [5.74, 6) is 0. The predicted molar refractivity (Wildman–Crippen MR) is 75.1 cm³/mol. The molecule has 0 radical (unpaired) electrons. The molecule has 0 aliphatic heterocycles. The minimum atomic E-state index is -3.53. The third-order valence-corrected chi connectivity index (χ3v) is 5.28. The van der Waals surface area contributed by atoms with Crippen LogP contribution in [0, 0.1) is 0 Å². The van der Waals surface area contributed by atoms with Crippen molar-refractivity contribution < 1.29 is 13.5 Å². The van der Waals surface area contributed by atoms with Crippen LogP contribution in [0.5, 0.6) is 0 Å². The summed E-state index contributed by atoms with van der Waals surface area (Å²) in [5.41, 5.74) is 0.419. The Hall–Kier alpha value is -0.560. The molecule has 4 nitrogen and oxygen atoms in total. The van der Waals surface area contributed by atoms with Gasteiger partial charge in [0.05, 0.1) is 11.5 Å². The Morgan fingerprint density at radius 2 is 2.06 bits per heavy atom. The third-order valence-electron chi connectivity index (χ3n) is 2.68. The van der Waals surface area contributed by atoms with E-state index in [1.165, 1.54) is 6.07 Å². The molecule has 0 aromatic heterocycles. The molecule has 0 saturated carbocycles. The van der Waals surface area contributed by atoms with E-state index >= 15 is 0 Å². The third kappa shape index (κ3) is 4.28. The summed E-state index contributed by atoms with van der Waals surface area (Å²) in [4.78, 5) is 0.157. The van der Waals surface area contributed by atoms with E-state index in [9.17, 15) is 8.42 Å². The fourth-order valence-corrected chi connectivity index (χ4v) is 3.12. The van der Waals surface area contributed by atoms with Crippen LogP contribution in [0.25, 0.3) is 0 Å². The standard InChI is InChI=1S/C12H19NO3S2/c1-10(17-2)7-8-13-18(15,16)12-6-4-3-5-11(12)9-14/h3-6,10,13-14H,7-9H2,1-2H3. The summed E-state index contributed by atoms with van der Waals surface area (Å²) in [7, 11) is -3.53. The van der Waals surface area contributed by atoms with Crippen molar-refractivity contribution in [1.29, 1.82) is 0 Å². The molecule has 0 saturated heterocycles. The number of rotatable bonds is 7. The molecule has 0 bridgehead atoms. The fourth-order valence-electron chi connectivity index (χ4n) is 1.49. The van der Waals surface area contributed by atoms with Gasteiger partial charge >= 0.3 is 0 Å². The maximum absolute atomic E-state index is 12.1. The second kappa shape index (κ2) is 7.13. The van der Waals surface area contributed by atoms with E-state index in [-0.39, 0.29) is 11.5 Å². The van der Waals surface area contributed by atoms with Crippen LogP contribution >= 0.6 is 11.8 Å². The van der Waals surface area contributed by atoms with Gasteiger partial charge in [0.2, 0.25) is 10.0 Å². The van der Waals surface area contributed by atoms with Gasteiger partial charge in [-0.05, 0) is 24.3 Å². The molecule has 1 atom stereocenters. The van der Waals surface area contributed by atoms with Gasteiger partial charge in [0.1, 0.15) is 0 Å². The number of hydrogen-bond donors (Lipinski definition) is 2. The van der Waals surface area contributed by atoms with Gasteiger partial charge in [0, 0.05) is 11.8 Å². The summed E-state index contributed by atoms with van der Waals surface area (Å²) >= 11 is 1.70. The molecule has 1 unspecified atom stereocenters. The number of thioether (sulfide) groups is 1. The zero-order valence-electron chi connectivity index (χ0n) is 10.6. The van der Waals surface area contributed by atoms with Crippen molar-refractivity contribution in [2.75, 3.05) is 12.8 Å². The summed E-state index contributed by atoms with van der Waals surface area (Å²) in [6, 6.07) is 6.48. The largest absolute Gasteiger partial charge is 0.392 e. The highest BCUT2D eigenvalue weighted by Gasteiger charge is 2.17. The van der Waals surface area contributed by atoms with E-state index in [1.807, 2.05) is 6.26 Å². The van der Waals surface area contributed by atoms with E-state index in [2.05, 4.69) is 11.6 Å². The number of sulfonamides is 1. The van der Waals surface area contributed by atoms with Crippen molar-refractivity contribution in [3.63, 3.8) is 0 Å². The van der Waals surface area contributed by atoms with Gasteiger partial charge in [-0.1, -0.05) is 25.1 Å². The first-order valence-corrected chi connectivity index (χ1v) is 8.49. The number of aliphatic hydroxyl groups is 1. The minimum absolute atomic E-state index is 0.157. The molecule has 0 fully saturated rings. The van der Waals surface area contributed by atoms with Crippen LogP contribution in [0.2, 0.25) is 0 Å². The molecule has 102 valence electrons. The Labute approximate surface area is 113 Å². The SMILES string of the molecule is CSC(C)CCNS(=O)(=O)c1ccccc1CO. The Morgan fingerprint density at radius 1 is 1.39 bits per heavy atom. The van der Waals surface area contributed by atoms with Gasteiger partial charge in [-0.15, -0.1) is 0 Å². The number of nitrogens with one attached hydrogen (secondary N) is 1. The predicted octanol–water partition coefficient (Wildman–Crippen LogP) is 1.60. The highest BCUT2D eigenvalue weighted by atomic mass is 32.2. The molecule has 1 rings (SSSR count). The Bertz CT molecular complexity index is 474. The average Bonchev–Trinajstić information content (AvgIpc) is 2.38. The van der Waals surface area contributed by atoms with E-state index < -0.39 is 10.0 Å². The highest BCUT2D eigenvalue weighted by molar-refractivity contribution is 7.99. The first-order chi connectivity index (χ1) is 8.51. The van der Waals surface area contributed by atoms with Crippen molar-refractivity contribution in [1.82, 2.24) is 4.72 Å². The van der Waals surface area contributed by atoms with Crippen LogP contribution in [0.3, 0.4) is 0 Å². The second-order valence-electron chi connectivity index (χ2n) is 4.00. The summed E-state index contributed by atoms with van der Waals surface area (Å²) in [6.07, 6.45) is 2.78. The molecular weight excluding hydrogens is 270 g/mol. The first-order valence-electron chi connectivity index (χ1n) is 5.72. The van der Waals surface area contributed by atoms with Crippen LogP contribution in [-0.2, 0) is 16.6 Å². The highest BCUT2D eigenvalue weighted by Crippen LogP contribution is 2.15. The Morgan fingerprint density at radius 3 is 2.67 bits per heavy atom. The van der Waals surface area contributed by atoms with Gasteiger partial charge < -0.3 is 5.11 Å². The summed E-state index contributed by atoms with van der Waals surface area (Å²) < 4.78 is 26.7. The van der Waals surface area contributed by atoms with Gasteiger partial charge in [-0.25, -0.2) is 13.1 Å². The van der Waals surface area contributed by atoms with Crippen LogP contribution < -0.4 is 4.72 Å². The van der Waals surface area contributed by atoms with E-state index in [4.69, 9.17) is 5.11 Å². The lowest BCUT2D eigenvalue weighted by atomic mass is 10.2. The molecule has 0 spiro atoms. The average molecular weight is 289 g/mol. The molecule has 2 N–H and O–H groups in total. The Balaban J connectivity index is 2.74. The second-order valence-corrected chi connectivity index (χ2v) is 7.01. The minimum Gasteiger partial charge on any atom is -0.392 e. The van der Waals surface area contributed by atoms with Crippen molar-refractivity contribution in [2.45, 2.75) is 30.1 Å². The molecule has 18 heavy (non-hydrogen) atoms. The van der Waals surface area contributed by atoms with Crippen LogP contribution in [0.15, 0.2) is 29.2 Å². The van der Waals surface area contributed by atoms with Crippen molar-refractivity contribution >= 4 is 21.8 Å². The smallest absolute Gasteiger partial charge is 0.240 e. The topological polar surface area (TPSA) is 66.4 Å². The number of benzene rings is 1. The molecular formula is C12H19NO3S2. The molecule has 0 amide bonds. The van der Waals surface area contributed by atoms with Crippen LogP contribution in [-0.4, -0.2) is 31.6 Å². The van der Waals surface area contributed by atoms with E-state index in [1.54, 1.807) is 30.0 Å². The maximum Gasteiger partial charge on any atom is 0.240 e. The normalized spacial score (nSPS) is 13.5. The zero-order chi connectivity index (χ0) is 13.6. The van der Waals surface area contributed by atoms with Crippen molar-refractivity contribution in [3.05, 3.63) is 29.8 Å².